The van der Waals surface area contributed by atoms with Crippen molar-refractivity contribution in [3.8, 4) is 0 Å². The smallest absolute Gasteiger partial charge is 0.280 e. The first-order chi connectivity index (χ1) is 11.0. The SMILES string of the molecule is NC(=O)c1ccc(CNC(=O)c2nc3ccc(Cl)cc3s2)cc1. The molecule has 0 bridgehead atoms. The summed E-state index contributed by atoms with van der Waals surface area (Å²) in [6.07, 6.45) is 0. The van der Waals surface area contributed by atoms with E-state index >= 15 is 0 Å². The van der Waals surface area contributed by atoms with Crippen LogP contribution in [0.4, 0.5) is 0 Å². The first-order valence-corrected chi connectivity index (χ1v) is 7.95. The van der Waals surface area contributed by atoms with Gasteiger partial charge in [0.25, 0.3) is 5.91 Å². The van der Waals surface area contributed by atoms with E-state index in [-0.39, 0.29) is 5.91 Å². The lowest BCUT2D eigenvalue weighted by molar-refractivity contribution is 0.0949. The summed E-state index contributed by atoms with van der Waals surface area (Å²) < 4.78 is 0.869. The number of carbonyl (C=O) groups excluding carboxylic acids is 2. The number of carbonyl (C=O) groups is 2. The Labute approximate surface area is 141 Å². The highest BCUT2D eigenvalue weighted by Crippen LogP contribution is 2.25. The standard InChI is InChI=1S/C16H12ClN3O2S/c17-11-5-6-12-13(7-11)23-16(20-12)15(22)19-8-9-1-3-10(4-2-9)14(18)21/h1-7H,8H2,(H2,18,21)(H,19,22). The van der Waals surface area contributed by atoms with Crippen LogP contribution in [0.15, 0.2) is 42.5 Å². The number of benzene rings is 2. The molecule has 3 aromatic rings. The highest BCUT2D eigenvalue weighted by atomic mass is 35.5. The lowest BCUT2D eigenvalue weighted by atomic mass is 10.1. The zero-order valence-electron chi connectivity index (χ0n) is 11.9. The van der Waals surface area contributed by atoms with Crippen LogP contribution in [0.2, 0.25) is 5.02 Å². The van der Waals surface area contributed by atoms with Gasteiger partial charge in [-0.15, -0.1) is 11.3 Å². The molecule has 7 heteroatoms. The lowest BCUT2D eigenvalue weighted by Gasteiger charge is -2.04. The van der Waals surface area contributed by atoms with Gasteiger partial charge in [-0.25, -0.2) is 4.98 Å². The summed E-state index contributed by atoms with van der Waals surface area (Å²) in [6, 6.07) is 12.1. The van der Waals surface area contributed by atoms with E-state index in [1.807, 2.05) is 0 Å². The fourth-order valence-corrected chi connectivity index (χ4v) is 3.20. The summed E-state index contributed by atoms with van der Waals surface area (Å²) in [7, 11) is 0. The minimum Gasteiger partial charge on any atom is -0.366 e. The molecule has 3 N–H and O–H groups in total. The van der Waals surface area contributed by atoms with Crippen LogP contribution < -0.4 is 11.1 Å². The molecule has 0 fully saturated rings. The number of primary amides is 1. The number of thiazole rings is 1. The molecule has 0 aliphatic rings. The third kappa shape index (κ3) is 3.49. The molecule has 0 aliphatic heterocycles. The van der Waals surface area contributed by atoms with Crippen LogP contribution in [0, 0.1) is 0 Å². The predicted octanol–water partition coefficient (Wildman–Crippen LogP) is 2.98. The second-order valence-electron chi connectivity index (χ2n) is 4.87. The van der Waals surface area contributed by atoms with Gasteiger partial charge in [-0.2, -0.15) is 0 Å². The van der Waals surface area contributed by atoms with E-state index in [2.05, 4.69) is 10.3 Å². The molecule has 0 spiro atoms. The van der Waals surface area contributed by atoms with Crippen molar-refractivity contribution in [3.05, 3.63) is 63.6 Å². The van der Waals surface area contributed by atoms with Gasteiger partial charge in [0, 0.05) is 17.1 Å². The van der Waals surface area contributed by atoms with Gasteiger partial charge < -0.3 is 11.1 Å². The van der Waals surface area contributed by atoms with Crippen LogP contribution in [-0.4, -0.2) is 16.8 Å². The van der Waals surface area contributed by atoms with Crippen LogP contribution in [0.3, 0.4) is 0 Å². The number of nitrogens with one attached hydrogen (secondary N) is 1. The van der Waals surface area contributed by atoms with Crippen molar-refractivity contribution >= 4 is 45.0 Å². The Hall–Kier alpha value is -2.44. The summed E-state index contributed by atoms with van der Waals surface area (Å²) in [6.45, 7) is 0.342. The Bertz CT molecular complexity index is 890. The number of nitrogens with two attached hydrogens (primary N) is 1. The van der Waals surface area contributed by atoms with Crippen molar-refractivity contribution in [2.24, 2.45) is 5.73 Å². The Morgan fingerprint density at radius 3 is 2.61 bits per heavy atom. The van der Waals surface area contributed by atoms with E-state index in [0.29, 0.717) is 22.1 Å². The number of nitrogens with zero attached hydrogens (tertiary/aromatic N) is 1. The highest BCUT2D eigenvalue weighted by Gasteiger charge is 2.12. The number of amides is 2. The van der Waals surface area contributed by atoms with E-state index in [1.165, 1.54) is 11.3 Å². The molecular weight excluding hydrogens is 334 g/mol. The van der Waals surface area contributed by atoms with Crippen molar-refractivity contribution in [1.82, 2.24) is 10.3 Å². The van der Waals surface area contributed by atoms with Crippen LogP contribution in [0.25, 0.3) is 10.2 Å². The molecule has 0 radical (unpaired) electrons. The van der Waals surface area contributed by atoms with Gasteiger partial charge >= 0.3 is 0 Å². The molecule has 1 aromatic heterocycles. The Morgan fingerprint density at radius 2 is 1.91 bits per heavy atom. The van der Waals surface area contributed by atoms with E-state index in [4.69, 9.17) is 17.3 Å². The van der Waals surface area contributed by atoms with Crippen LogP contribution in [0.1, 0.15) is 25.7 Å². The fourth-order valence-electron chi connectivity index (χ4n) is 2.04. The predicted molar refractivity (Wildman–Crippen MR) is 90.8 cm³/mol. The number of hydrogen-bond donors (Lipinski definition) is 2. The molecule has 0 atom stereocenters. The maximum atomic E-state index is 12.2. The van der Waals surface area contributed by atoms with E-state index in [1.54, 1.807) is 42.5 Å². The van der Waals surface area contributed by atoms with Gasteiger partial charge in [0.15, 0.2) is 5.01 Å². The molecule has 3 rings (SSSR count). The van der Waals surface area contributed by atoms with Gasteiger partial charge in [0.1, 0.15) is 0 Å². The van der Waals surface area contributed by atoms with E-state index in [9.17, 15) is 9.59 Å². The zero-order valence-corrected chi connectivity index (χ0v) is 13.4. The first kappa shape index (κ1) is 15.5. The maximum Gasteiger partial charge on any atom is 0.280 e. The van der Waals surface area contributed by atoms with Gasteiger partial charge in [-0.3, -0.25) is 9.59 Å². The topological polar surface area (TPSA) is 85.1 Å². The average molecular weight is 346 g/mol. The van der Waals surface area contributed by atoms with Crippen molar-refractivity contribution in [2.75, 3.05) is 0 Å². The number of halogens is 1. The Morgan fingerprint density at radius 1 is 1.17 bits per heavy atom. The van der Waals surface area contributed by atoms with Crippen LogP contribution in [0.5, 0.6) is 0 Å². The monoisotopic (exact) mass is 345 g/mol. The number of rotatable bonds is 4. The molecule has 0 unspecified atom stereocenters. The second kappa shape index (κ2) is 6.36. The molecule has 0 saturated heterocycles. The van der Waals surface area contributed by atoms with Gasteiger partial charge in [0.05, 0.1) is 10.2 Å². The summed E-state index contributed by atoms with van der Waals surface area (Å²) in [5.41, 5.74) is 7.23. The van der Waals surface area contributed by atoms with Gasteiger partial charge in [-0.1, -0.05) is 23.7 Å². The van der Waals surface area contributed by atoms with Crippen molar-refractivity contribution < 1.29 is 9.59 Å². The molecular formula is C16H12ClN3O2S. The summed E-state index contributed by atoms with van der Waals surface area (Å²) in [5, 5.41) is 3.80. The summed E-state index contributed by atoms with van der Waals surface area (Å²) >= 11 is 7.22. The van der Waals surface area contributed by atoms with Crippen molar-refractivity contribution in [3.63, 3.8) is 0 Å². The quantitative estimate of drug-likeness (QED) is 0.762. The maximum absolute atomic E-state index is 12.2. The third-order valence-electron chi connectivity index (χ3n) is 3.24. The number of aromatic nitrogens is 1. The zero-order chi connectivity index (χ0) is 16.4. The number of hydrogen-bond acceptors (Lipinski definition) is 4. The van der Waals surface area contributed by atoms with E-state index < -0.39 is 5.91 Å². The normalized spacial score (nSPS) is 10.7. The highest BCUT2D eigenvalue weighted by molar-refractivity contribution is 7.20. The van der Waals surface area contributed by atoms with Crippen LogP contribution >= 0.6 is 22.9 Å². The Balaban J connectivity index is 1.69. The van der Waals surface area contributed by atoms with E-state index in [0.717, 1.165) is 15.8 Å². The molecule has 116 valence electrons. The fraction of sp³-hybridized carbons (Fsp3) is 0.0625. The summed E-state index contributed by atoms with van der Waals surface area (Å²) in [5.74, 6) is -0.727. The average Bonchev–Trinajstić information content (AvgIpc) is 2.96. The lowest BCUT2D eigenvalue weighted by Crippen LogP contribution is -2.22. The van der Waals surface area contributed by atoms with Crippen LogP contribution in [-0.2, 0) is 6.54 Å². The second-order valence-corrected chi connectivity index (χ2v) is 6.34. The molecule has 0 saturated carbocycles. The van der Waals surface area contributed by atoms with Gasteiger partial charge in [-0.05, 0) is 35.9 Å². The molecule has 1 heterocycles. The summed E-state index contributed by atoms with van der Waals surface area (Å²) in [4.78, 5) is 27.5. The largest absolute Gasteiger partial charge is 0.366 e. The number of fused-ring (bicyclic) bond motifs is 1. The van der Waals surface area contributed by atoms with Crippen molar-refractivity contribution in [1.29, 1.82) is 0 Å². The Kier molecular flexibility index (Phi) is 4.27. The first-order valence-electron chi connectivity index (χ1n) is 6.76. The molecule has 5 nitrogen and oxygen atoms in total. The molecule has 0 aliphatic carbocycles. The third-order valence-corrected chi connectivity index (χ3v) is 4.49. The molecule has 23 heavy (non-hydrogen) atoms. The minimum absolute atomic E-state index is 0.249. The molecule has 2 aromatic carbocycles. The molecule has 2 amide bonds. The van der Waals surface area contributed by atoms with Crippen molar-refractivity contribution in [2.45, 2.75) is 6.54 Å². The van der Waals surface area contributed by atoms with Gasteiger partial charge in [0.2, 0.25) is 5.91 Å². The minimum atomic E-state index is -0.478.